The topological polar surface area (TPSA) is 25.6 Å². The molecule has 0 bridgehead atoms. The van der Waals surface area contributed by atoms with Crippen LogP contribution in [0.1, 0.15) is 34.1 Å². The lowest BCUT2D eigenvalue weighted by Crippen LogP contribution is -2.63. The number of ether oxygens (including phenoxy) is 1. The van der Waals surface area contributed by atoms with Crippen LogP contribution in [-0.4, -0.2) is 18.2 Å². The molecule has 2 atom stereocenters. The number of hydrogen-bond donors (Lipinski definition) is 1. The summed E-state index contributed by atoms with van der Waals surface area (Å²) in [5, 5.41) is 4.02. The van der Waals surface area contributed by atoms with Crippen molar-refractivity contribution in [1.82, 2.24) is 5.32 Å². The lowest BCUT2D eigenvalue weighted by molar-refractivity contribution is -0.0574. The number of benzene rings is 1. The molecule has 1 aliphatic rings. The van der Waals surface area contributed by atoms with Gasteiger partial charge in [-0.2, -0.15) is 0 Å². The van der Waals surface area contributed by atoms with Gasteiger partial charge >= 0.3 is 0 Å². The van der Waals surface area contributed by atoms with E-state index in [1.54, 1.807) is 12.1 Å². The van der Waals surface area contributed by atoms with Crippen molar-refractivity contribution in [3.63, 3.8) is 0 Å². The highest BCUT2D eigenvalue weighted by atomic mass is 35.5. The van der Waals surface area contributed by atoms with Gasteiger partial charge in [-0.25, -0.2) is 4.85 Å². The van der Waals surface area contributed by atoms with Crippen molar-refractivity contribution in [2.45, 2.75) is 52.3 Å². The van der Waals surface area contributed by atoms with Gasteiger partial charge in [0.1, 0.15) is 11.9 Å². The van der Waals surface area contributed by atoms with Crippen LogP contribution in [0.25, 0.3) is 4.85 Å². The van der Waals surface area contributed by atoms with Gasteiger partial charge in [0.25, 0.3) is 0 Å². The number of nitrogens with one attached hydrogen (secondary N) is 1. The second-order valence-electron chi connectivity index (χ2n) is 6.26. The highest BCUT2D eigenvalue weighted by molar-refractivity contribution is 6.33. The normalized spacial score (nSPS) is 24.1. The Labute approximate surface area is 126 Å². The maximum atomic E-state index is 6.99. The first-order valence-electron chi connectivity index (χ1n) is 6.94. The van der Waals surface area contributed by atoms with E-state index in [4.69, 9.17) is 22.9 Å². The molecule has 108 valence electrons. The van der Waals surface area contributed by atoms with Crippen molar-refractivity contribution in [3.05, 3.63) is 34.6 Å². The Morgan fingerprint density at radius 2 is 2.15 bits per heavy atom. The zero-order valence-electron chi connectivity index (χ0n) is 12.4. The Hall–Kier alpha value is -1.24. The molecular weight excluding hydrogens is 272 g/mol. The third-order valence-electron chi connectivity index (χ3n) is 4.03. The molecule has 1 aliphatic carbocycles. The molecule has 1 aromatic rings. The van der Waals surface area contributed by atoms with E-state index in [2.05, 4.69) is 37.9 Å². The van der Waals surface area contributed by atoms with Crippen molar-refractivity contribution >= 4 is 17.3 Å². The molecule has 2 rings (SSSR count). The summed E-state index contributed by atoms with van der Waals surface area (Å²) in [6, 6.07) is 6.21. The molecular formula is C16H21ClN2O. The highest BCUT2D eigenvalue weighted by Crippen LogP contribution is 2.43. The Balaban J connectivity index is 2.02. The van der Waals surface area contributed by atoms with E-state index < -0.39 is 0 Å². The van der Waals surface area contributed by atoms with Crippen LogP contribution in [0.4, 0.5) is 5.69 Å². The minimum atomic E-state index is 0.0925. The van der Waals surface area contributed by atoms with Crippen molar-refractivity contribution in [2.24, 2.45) is 5.41 Å². The van der Waals surface area contributed by atoms with Crippen LogP contribution in [-0.2, 0) is 0 Å². The summed E-state index contributed by atoms with van der Waals surface area (Å²) >= 11 is 6.04. The van der Waals surface area contributed by atoms with Gasteiger partial charge in [0.15, 0.2) is 0 Å². The monoisotopic (exact) mass is 292 g/mol. The van der Waals surface area contributed by atoms with E-state index >= 15 is 0 Å². The molecule has 0 heterocycles. The van der Waals surface area contributed by atoms with Crippen LogP contribution >= 0.6 is 11.6 Å². The SMILES string of the molecule is [C-]#[N+]c1ccc(O[C@H]2C[C@H](NC(C)C)C2(C)C)cc1Cl. The second-order valence-corrected chi connectivity index (χ2v) is 6.67. The lowest BCUT2D eigenvalue weighted by atomic mass is 9.64. The van der Waals surface area contributed by atoms with Crippen molar-refractivity contribution in [3.8, 4) is 5.75 Å². The predicted molar refractivity (Wildman–Crippen MR) is 82.6 cm³/mol. The fourth-order valence-corrected chi connectivity index (χ4v) is 2.80. The zero-order chi connectivity index (χ0) is 14.9. The van der Waals surface area contributed by atoms with Crippen LogP contribution in [0, 0.1) is 12.0 Å². The Kier molecular flexibility index (Phi) is 4.27. The van der Waals surface area contributed by atoms with E-state index in [1.165, 1.54) is 0 Å². The Bertz CT molecular complexity index is 534. The van der Waals surface area contributed by atoms with E-state index in [1.807, 2.05) is 6.07 Å². The molecule has 1 fully saturated rings. The lowest BCUT2D eigenvalue weighted by Gasteiger charge is -2.52. The molecule has 0 amide bonds. The second kappa shape index (κ2) is 5.63. The summed E-state index contributed by atoms with van der Waals surface area (Å²) in [4.78, 5) is 3.35. The number of hydrogen-bond acceptors (Lipinski definition) is 2. The largest absolute Gasteiger partial charge is 0.490 e. The summed E-state index contributed by atoms with van der Waals surface area (Å²) in [5.41, 5.74) is 0.557. The van der Waals surface area contributed by atoms with Crippen LogP contribution in [0.3, 0.4) is 0 Å². The van der Waals surface area contributed by atoms with Crippen molar-refractivity contribution in [2.75, 3.05) is 0 Å². The standard InChI is InChI=1S/C16H21ClN2O/c1-10(2)19-14-9-15(16(14,3)4)20-11-6-7-13(18-5)12(17)8-11/h6-8,10,14-15,19H,9H2,1-4H3/t14-,15-/m0/s1. The van der Waals surface area contributed by atoms with E-state index in [9.17, 15) is 0 Å². The Morgan fingerprint density at radius 3 is 2.65 bits per heavy atom. The van der Waals surface area contributed by atoms with Gasteiger partial charge in [0.05, 0.1) is 11.6 Å². The molecule has 1 N–H and O–H groups in total. The molecule has 4 heteroatoms. The first kappa shape index (κ1) is 15.2. The van der Waals surface area contributed by atoms with Crippen LogP contribution in [0.5, 0.6) is 5.75 Å². The quantitative estimate of drug-likeness (QED) is 0.831. The third kappa shape index (κ3) is 2.92. The van der Waals surface area contributed by atoms with Crippen molar-refractivity contribution in [1.29, 1.82) is 0 Å². The number of rotatable bonds is 4. The number of halogens is 1. The van der Waals surface area contributed by atoms with E-state index in [0.29, 0.717) is 22.8 Å². The molecule has 0 unspecified atom stereocenters. The van der Waals surface area contributed by atoms with Gasteiger partial charge in [0, 0.05) is 23.9 Å². The zero-order valence-corrected chi connectivity index (χ0v) is 13.2. The molecule has 0 saturated heterocycles. The minimum Gasteiger partial charge on any atom is -0.490 e. The Morgan fingerprint density at radius 1 is 1.45 bits per heavy atom. The molecule has 20 heavy (non-hydrogen) atoms. The molecule has 0 radical (unpaired) electrons. The maximum absolute atomic E-state index is 6.99. The van der Waals surface area contributed by atoms with Gasteiger partial charge in [-0.05, 0) is 12.1 Å². The first-order valence-corrected chi connectivity index (χ1v) is 7.32. The summed E-state index contributed by atoms with van der Waals surface area (Å²) in [5.74, 6) is 0.739. The molecule has 1 aromatic carbocycles. The molecule has 0 aromatic heterocycles. The van der Waals surface area contributed by atoms with Crippen molar-refractivity contribution < 1.29 is 4.74 Å². The first-order chi connectivity index (χ1) is 9.34. The van der Waals surface area contributed by atoms with E-state index in [0.717, 1.165) is 12.2 Å². The fraction of sp³-hybridized carbons (Fsp3) is 0.562. The third-order valence-corrected chi connectivity index (χ3v) is 4.33. The van der Waals surface area contributed by atoms with Crippen LogP contribution in [0.15, 0.2) is 18.2 Å². The minimum absolute atomic E-state index is 0.0925. The smallest absolute Gasteiger partial charge is 0.205 e. The van der Waals surface area contributed by atoms with Gasteiger partial charge in [-0.15, -0.1) is 0 Å². The van der Waals surface area contributed by atoms with Gasteiger partial charge in [0.2, 0.25) is 5.69 Å². The summed E-state index contributed by atoms with van der Waals surface area (Å²) < 4.78 is 6.03. The summed E-state index contributed by atoms with van der Waals surface area (Å²) in [6.45, 7) is 15.7. The molecule has 1 saturated carbocycles. The predicted octanol–water partition coefficient (Wildman–Crippen LogP) is 4.43. The fourth-order valence-electron chi connectivity index (χ4n) is 2.59. The summed E-state index contributed by atoms with van der Waals surface area (Å²) in [7, 11) is 0. The average Bonchev–Trinajstić information content (AvgIpc) is 2.37. The van der Waals surface area contributed by atoms with E-state index in [-0.39, 0.29) is 11.5 Å². The van der Waals surface area contributed by atoms with Gasteiger partial charge < -0.3 is 10.1 Å². The average molecular weight is 293 g/mol. The molecule has 3 nitrogen and oxygen atoms in total. The molecule has 0 spiro atoms. The molecule has 0 aliphatic heterocycles. The highest BCUT2D eigenvalue weighted by Gasteiger charge is 2.49. The van der Waals surface area contributed by atoms with Gasteiger partial charge in [-0.1, -0.05) is 45.4 Å². The van der Waals surface area contributed by atoms with Gasteiger partial charge in [-0.3, -0.25) is 0 Å². The number of nitrogens with zero attached hydrogens (tertiary/aromatic N) is 1. The maximum Gasteiger partial charge on any atom is 0.205 e. The van der Waals surface area contributed by atoms with Crippen LogP contribution < -0.4 is 10.1 Å². The van der Waals surface area contributed by atoms with Crippen LogP contribution in [0.2, 0.25) is 5.02 Å². The summed E-state index contributed by atoms with van der Waals surface area (Å²) in [6.07, 6.45) is 1.17.